The maximum atomic E-state index is 13.2. The van der Waals surface area contributed by atoms with Gasteiger partial charge in [0.25, 0.3) is 0 Å². The number of amides is 3. The summed E-state index contributed by atoms with van der Waals surface area (Å²) in [6, 6.07) is 8.73. The SMILES string of the molecule is Cc1cc(N(C(=O)OC(C)(C)C)c2nc(Nc3cc(NC(=O)Nc4ccc(Cl)c(C(F)(F)F)c4)ccc3C)ncc2Cl)n[nH]1. The van der Waals surface area contributed by atoms with E-state index in [1.165, 1.54) is 12.3 Å². The molecule has 0 atom stereocenters. The van der Waals surface area contributed by atoms with Crippen molar-refractivity contribution in [2.24, 2.45) is 0 Å². The van der Waals surface area contributed by atoms with Crippen molar-refractivity contribution in [2.45, 2.75) is 46.4 Å². The third-order valence-corrected chi connectivity index (χ3v) is 6.30. The second kappa shape index (κ2) is 12.6. The van der Waals surface area contributed by atoms with Crippen LogP contribution in [0.15, 0.2) is 48.7 Å². The van der Waals surface area contributed by atoms with Crippen molar-refractivity contribution in [3.05, 3.63) is 75.5 Å². The number of urea groups is 1. The Balaban J connectivity index is 1.57. The summed E-state index contributed by atoms with van der Waals surface area (Å²) in [5.41, 5.74) is 0.181. The zero-order valence-corrected chi connectivity index (χ0v) is 25.5. The van der Waals surface area contributed by atoms with Gasteiger partial charge in [-0.2, -0.15) is 23.3 Å². The number of hydrogen-bond acceptors (Lipinski definition) is 7. The molecule has 4 N–H and O–H groups in total. The Morgan fingerprint density at radius 3 is 2.23 bits per heavy atom. The van der Waals surface area contributed by atoms with E-state index in [-0.39, 0.29) is 28.3 Å². The van der Waals surface area contributed by atoms with E-state index in [0.717, 1.165) is 22.6 Å². The van der Waals surface area contributed by atoms with Crippen molar-refractivity contribution < 1.29 is 27.5 Å². The lowest BCUT2D eigenvalue weighted by Crippen LogP contribution is -2.34. The van der Waals surface area contributed by atoms with Crippen LogP contribution in [0.25, 0.3) is 0 Å². The molecular formula is C28H27Cl2F3N8O3. The van der Waals surface area contributed by atoms with Crippen molar-refractivity contribution in [3.63, 3.8) is 0 Å². The quantitative estimate of drug-likeness (QED) is 0.164. The number of nitrogens with zero attached hydrogens (tertiary/aromatic N) is 4. The van der Waals surface area contributed by atoms with Gasteiger partial charge in [-0.15, -0.1) is 0 Å². The molecule has 2 heterocycles. The number of aromatic amines is 1. The van der Waals surface area contributed by atoms with Gasteiger partial charge in [-0.1, -0.05) is 29.3 Å². The average molecular weight is 651 g/mol. The Morgan fingerprint density at radius 1 is 0.955 bits per heavy atom. The predicted molar refractivity (Wildman–Crippen MR) is 162 cm³/mol. The first-order chi connectivity index (χ1) is 20.5. The van der Waals surface area contributed by atoms with Gasteiger partial charge in [-0.25, -0.2) is 19.5 Å². The third kappa shape index (κ3) is 8.08. The maximum absolute atomic E-state index is 13.2. The van der Waals surface area contributed by atoms with Crippen LogP contribution in [0.4, 0.5) is 57.4 Å². The van der Waals surface area contributed by atoms with Crippen molar-refractivity contribution >= 4 is 70.0 Å². The van der Waals surface area contributed by atoms with Gasteiger partial charge in [-0.05, 0) is 70.5 Å². The van der Waals surface area contributed by atoms with E-state index in [1.54, 1.807) is 58.9 Å². The summed E-state index contributed by atoms with van der Waals surface area (Å²) in [6.45, 7) is 8.69. The summed E-state index contributed by atoms with van der Waals surface area (Å²) in [5.74, 6) is 0.243. The normalized spacial score (nSPS) is 11.6. The first kappa shape index (κ1) is 32.4. The lowest BCUT2D eigenvalue weighted by molar-refractivity contribution is -0.137. The Hall–Kier alpha value is -4.56. The summed E-state index contributed by atoms with van der Waals surface area (Å²) in [6.07, 6.45) is -4.16. The zero-order valence-electron chi connectivity index (χ0n) is 24.0. The van der Waals surface area contributed by atoms with Crippen LogP contribution in [0.2, 0.25) is 10.0 Å². The highest BCUT2D eigenvalue weighted by Gasteiger charge is 2.33. The number of halogens is 5. The maximum Gasteiger partial charge on any atom is 0.422 e. The summed E-state index contributed by atoms with van der Waals surface area (Å²) >= 11 is 12.1. The highest BCUT2D eigenvalue weighted by atomic mass is 35.5. The number of benzene rings is 2. The Bertz CT molecular complexity index is 1710. The average Bonchev–Trinajstić information content (AvgIpc) is 3.32. The number of rotatable bonds is 6. The Kier molecular flexibility index (Phi) is 9.25. The fraction of sp³-hybridized carbons (Fsp3) is 0.250. The topological polar surface area (TPSA) is 137 Å². The Morgan fingerprint density at radius 2 is 1.61 bits per heavy atom. The van der Waals surface area contributed by atoms with Gasteiger partial charge in [0, 0.05) is 28.8 Å². The third-order valence-electron chi connectivity index (χ3n) is 5.71. The van der Waals surface area contributed by atoms with Gasteiger partial charge in [0.05, 0.1) is 16.8 Å². The summed E-state index contributed by atoms with van der Waals surface area (Å²) in [5, 5.41) is 14.4. The second-order valence-electron chi connectivity index (χ2n) is 10.5. The first-order valence-corrected chi connectivity index (χ1v) is 13.7. The van der Waals surface area contributed by atoms with E-state index in [4.69, 9.17) is 27.9 Å². The first-order valence-electron chi connectivity index (χ1n) is 12.9. The lowest BCUT2D eigenvalue weighted by Gasteiger charge is -2.26. The number of ether oxygens (including phenoxy) is 1. The highest BCUT2D eigenvalue weighted by molar-refractivity contribution is 6.33. The smallest absolute Gasteiger partial charge is 0.422 e. The molecule has 0 fully saturated rings. The molecule has 0 unspecified atom stereocenters. The van der Waals surface area contributed by atoms with Crippen LogP contribution in [0.5, 0.6) is 0 Å². The molecule has 0 bridgehead atoms. The molecule has 2 aromatic carbocycles. The van der Waals surface area contributed by atoms with E-state index in [0.29, 0.717) is 17.1 Å². The minimum Gasteiger partial charge on any atom is -0.443 e. The second-order valence-corrected chi connectivity index (χ2v) is 11.3. The monoisotopic (exact) mass is 650 g/mol. The van der Waals surface area contributed by atoms with Crippen LogP contribution in [-0.2, 0) is 10.9 Å². The predicted octanol–water partition coefficient (Wildman–Crippen LogP) is 8.60. The number of H-pyrrole nitrogens is 1. The minimum atomic E-state index is -4.69. The number of hydrogen-bond donors (Lipinski definition) is 4. The van der Waals surface area contributed by atoms with E-state index < -0.39 is 34.5 Å². The summed E-state index contributed by atoms with van der Waals surface area (Å²) < 4.78 is 45.1. The molecule has 232 valence electrons. The molecule has 3 amide bonds. The van der Waals surface area contributed by atoms with Crippen LogP contribution < -0.4 is 20.9 Å². The lowest BCUT2D eigenvalue weighted by atomic mass is 10.2. The van der Waals surface area contributed by atoms with Gasteiger partial charge in [0.1, 0.15) is 10.6 Å². The molecule has 0 aliphatic carbocycles. The number of carbonyl (C=O) groups excluding carboxylic acids is 2. The number of nitrogens with one attached hydrogen (secondary N) is 4. The largest absolute Gasteiger partial charge is 0.443 e. The van der Waals surface area contributed by atoms with Gasteiger partial charge in [-0.3, -0.25) is 5.10 Å². The summed E-state index contributed by atoms with van der Waals surface area (Å²) in [4.78, 5) is 35.6. The molecule has 0 aliphatic rings. The van der Waals surface area contributed by atoms with Gasteiger partial charge in [0.15, 0.2) is 11.6 Å². The van der Waals surface area contributed by atoms with Gasteiger partial charge < -0.3 is 20.7 Å². The molecule has 16 heteroatoms. The minimum absolute atomic E-state index is 0.00239. The molecule has 11 nitrogen and oxygen atoms in total. The van der Waals surface area contributed by atoms with Crippen LogP contribution >= 0.6 is 23.2 Å². The van der Waals surface area contributed by atoms with Gasteiger partial charge in [0.2, 0.25) is 5.95 Å². The molecule has 44 heavy (non-hydrogen) atoms. The van der Waals surface area contributed by atoms with Crippen molar-refractivity contribution in [3.8, 4) is 0 Å². The molecule has 0 aliphatic heterocycles. The van der Waals surface area contributed by atoms with Crippen LogP contribution in [0, 0.1) is 13.8 Å². The van der Waals surface area contributed by atoms with Crippen LogP contribution in [0.3, 0.4) is 0 Å². The molecule has 4 rings (SSSR count). The van der Waals surface area contributed by atoms with E-state index in [1.807, 2.05) is 0 Å². The number of carbonyl (C=O) groups is 2. The van der Waals surface area contributed by atoms with E-state index >= 15 is 0 Å². The Labute approximate surface area is 260 Å². The number of aromatic nitrogens is 4. The fourth-order valence-electron chi connectivity index (χ4n) is 3.76. The fourth-order valence-corrected chi connectivity index (χ4v) is 4.16. The molecule has 0 radical (unpaired) electrons. The molecule has 0 saturated heterocycles. The van der Waals surface area contributed by atoms with Crippen molar-refractivity contribution in [1.29, 1.82) is 0 Å². The molecule has 2 aromatic heterocycles. The standard InChI is InChI=1S/C28H27Cl2F3N8O3/c1-14-6-7-17(36-25(42)35-16-8-9-19(29)18(11-16)28(31,32)33)12-21(14)37-24-34-13-20(30)23(38-24)41(22-10-15(2)39-40-22)26(43)44-27(3,4)5/h6-13H,1-5H3,(H,39,40)(H,34,37,38)(H2,35,36,42). The van der Waals surface area contributed by atoms with E-state index in [2.05, 4.69) is 36.1 Å². The van der Waals surface area contributed by atoms with E-state index in [9.17, 15) is 22.8 Å². The van der Waals surface area contributed by atoms with Crippen LogP contribution in [-0.4, -0.2) is 37.9 Å². The molecule has 0 spiro atoms. The highest BCUT2D eigenvalue weighted by Crippen LogP contribution is 2.36. The zero-order chi connectivity index (χ0) is 32.4. The number of anilines is 6. The van der Waals surface area contributed by atoms with Crippen molar-refractivity contribution in [1.82, 2.24) is 20.2 Å². The number of alkyl halides is 3. The molecule has 0 saturated carbocycles. The molecular weight excluding hydrogens is 624 g/mol. The summed E-state index contributed by atoms with van der Waals surface area (Å²) in [7, 11) is 0. The molecule has 4 aromatic rings. The van der Waals surface area contributed by atoms with Crippen LogP contribution in [0.1, 0.15) is 37.6 Å². The van der Waals surface area contributed by atoms with Gasteiger partial charge >= 0.3 is 18.3 Å². The van der Waals surface area contributed by atoms with Crippen molar-refractivity contribution in [2.75, 3.05) is 20.9 Å². The number of aryl methyl sites for hydroxylation is 2.